The first-order valence-corrected chi connectivity index (χ1v) is 18.6. The van der Waals surface area contributed by atoms with Crippen LogP contribution in [-0.2, 0) is 17.0 Å². The minimum Gasteiger partial charge on any atom is -0.494 e. The van der Waals surface area contributed by atoms with Gasteiger partial charge in [-0.25, -0.2) is 4.99 Å². The first kappa shape index (κ1) is 36.6. The predicted molar refractivity (Wildman–Crippen MR) is 213 cm³/mol. The molecule has 52 heavy (non-hydrogen) atoms. The Balaban J connectivity index is 0.000000142. The molecule has 5 N–H and O–H groups in total. The molecular weight excluding hydrogens is 793 g/mol. The summed E-state index contributed by atoms with van der Waals surface area (Å²) in [4.78, 5) is 41.6. The Kier molecular flexibility index (Phi) is 10.9. The van der Waals surface area contributed by atoms with E-state index in [4.69, 9.17) is 12.2 Å². The molecular formula is C35H27BrN6O7S3. The Labute approximate surface area is 317 Å². The number of nitrogens with zero attached hydrogens (tertiary/aromatic N) is 3. The van der Waals surface area contributed by atoms with Crippen LogP contribution in [0.4, 0.5) is 22.7 Å². The van der Waals surface area contributed by atoms with Crippen LogP contribution >= 0.6 is 51.7 Å². The van der Waals surface area contributed by atoms with Crippen molar-refractivity contribution in [2.75, 3.05) is 11.1 Å². The number of hydrogen-bond donors (Lipinski definition) is 5. The van der Waals surface area contributed by atoms with Gasteiger partial charge in [0.1, 0.15) is 5.04 Å². The normalized spacial score (nSPS) is 12.8. The topological polar surface area (TPSA) is 200 Å². The van der Waals surface area contributed by atoms with Crippen molar-refractivity contribution >= 4 is 111 Å². The fraction of sp³-hybridized carbons (Fsp3) is 0.114. The maximum absolute atomic E-state index is 10.9. The second-order valence-corrected chi connectivity index (χ2v) is 15.1. The number of fused-ring (bicyclic) bond motifs is 4. The average Bonchev–Trinajstić information content (AvgIpc) is 3.77. The van der Waals surface area contributed by atoms with E-state index in [1.807, 2.05) is 49.4 Å². The Morgan fingerprint density at radius 2 is 1.58 bits per heavy atom. The van der Waals surface area contributed by atoms with Gasteiger partial charge in [0, 0.05) is 51.0 Å². The highest BCUT2D eigenvalue weighted by molar-refractivity contribution is 9.10. The van der Waals surface area contributed by atoms with Crippen LogP contribution in [0, 0.1) is 20.2 Å². The summed E-state index contributed by atoms with van der Waals surface area (Å²) in [5.74, 6) is 1.59. The molecule has 0 unspecified atom stereocenters. The van der Waals surface area contributed by atoms with Crippen LogP contribution in [0.3, 0.4) is 0 Å². The molecule has 2 aromatic heterocycles. The summed E-state index contributed by atoms with van der Waals surface area (Å²) in [5, 5.41) is 46.5. The molecule has 0 saturated heterocycles. The number of H-pyrrole nitrogens is 2. The third kappa shape index (κ3) is 7.81. The summed E-state index contributed by atoms with van der Waals surface area (Å²) in [7, 11) is 0. The van der Waals surface area contributed by atoms with E-state index in [0.717, 1.165) is 43.9 Å². The standard InChI is InChI=1S/C16H11N3O3S.C11H10N2O3S2.C8H6BrNO/c20-15-14(11-6-5-10(19(21)22)7-13(11)17-15)16-18-12-4-2-1-3-9(12)8-23-16;1-2-18-11(17)9-7-4-3-6(13(15)16)5-8(7)12-10(9)14;9-6-1-2-7-5(3-6)4-8(11)10-7/h1-7,17,20H,8H2;3-5,12,14H,2H2,1H3;1-3H,4H2,(H,10,11). The summed E-state index contributed by atoms with van der Waals surface area (Å²) >= 11 is 11.6. The van der Waals surface area contributed by atoms with Crippen molar-refractivity contribution in [3.63, 3.8) is 0 Å². The Morgan fingerprint density at radius 1 is 0.923 bits per heavy atom. The lowest BCUT2D eigenvalue weighted by Gasteiger charge is -2.14. The molecule has 2 aliphatic heterocycles. The molecule has 4 heterocycles. The number of aliphatic imine (C=N–C) groups is 1. The van der Waals surface area contributed by atoms with Crippen LogP contribution in [0.25, 0.3) is 21.8 Å². The van der Waals surface area contributed by atoms with Crippen LogP contribution in [-0.4, -0.2) is 50.9 Å². The number of nitro benzene ring substituents is 2. The van der Waals surface area contributed by atoms with Gasteiger partial charge in [0.05, 0.1) is 48.3 Å². The zero-order valence-corrected chi connectivity index (χ0v) is 31.0. The van der Waals surface area contributed by atoms with E-state index in [9.17, 15) is 35.2 Å². The molecule has 0 atom stereocenters. The molecule has 0 spiro atoms. The number of hydrogen-bond acceptors (Lipinski definition) is 11. The zero-order valence-electron chi connectivity index (χ0n) is 27.0. The van der Waals surface area contributed by atoms with Gasteiger partial charge in [-0.15, -0.1) is 23.5 Å². The highest BCUT2D eigenvalue weighted by atomic mass is 79.9. The number of rotatable bonds is 5. The molecule has 0 fully saturated rings. The second kappa shape index (κ2) is 15.6. The minimum absolute atomic E-state index is 0.0196. The third-order valence-electron chi connectivity index (χ3n) is 7.91. The maximum Gasteiger partial charge on any atom is 0.271 e. The van der Waals surface area contributed by atoms with Crippen LogP contribution < -0.4 is 5.32 Å². The van der Waals surface area contributed by atoms with Crippen molar-refractivity contribution in [3.05, 3.63) is 126 Å². The van der Waals surface area contributed by atoms with Crippen LogP contribution in [0.15, 0.2) is 88.3 Å². The third-order valence-corrected chi connectivity index (χ3v) is 10.7. The number of benzene rings is 4. The molecule has 0 bridgehead atoms. The minimum atomic E-state index is -0.476. The lowest BCUT2D eigenvalue weighted by atomic mass is 10.1. The number of thioether (sulfide) groups is 2. The number of aromatic amines is 2. The van der Waals surface area contributed by atoms with E-state index >= 15 is 0 Å². The molecule has 4 aromatic carbocycles. The van der Waals surface area contributed by atoms with Crippen molar-refractivity contribution in [2.24, 2.45) is 4.99 Å². The summed E-state index contributed by atoms with van der Waals surface area (Å²) < 4.78 is 1.60. The van der Waals surface area contributed by atoms with Gasteiger partial charge in [-0.2, -0.15) is 0 Å². The number of anilines is 1. The quantitative estimate of drug-likeness (QED) is 0.0634. The van der Waals surface area contributed by atoms with Gasteiger partial charge in [0.15, 0.2) is 11.8 Å². The van der Waals surface area contributed by atoms with Gasteiger partial charge in [0.25, 0.3) is 11.4 Å². The van der Waals surface area contributed by atoms with E-state index in [-0.39, 0.29) is 29.0 Å². The molecule has 264 valence electrons. The first-order valence-electron chi connectivity index (χ1n) is 15.5. The second-order valence-electron chi connectivity index (χ2n) is 11.3. The highest BCUT2D eigenvalue weighted by Crippen LogP contribution is 2.39. The summed E-state index contributed by atoms with van der Waals surface area (Å²) in [6, 6.07) is 22.5. The number of nitrogens with one attached hydrogen (secondary N) is 3. The van der Waals surface area contributed by atoms with E-state index in [1.165, 1.54) is 47.8 Å². The lowest BCUT2D eigenvalue weighted by molar-refractivity contribution is -0.384. The summed E-state index contributed by atoms with van der Waals surface area (Å²) in [5.41, 5.74) is 6.18. The van der Waals surface area contributed by atoms with Gasteiger partial charge in [-0.3, -0.25) is 25.0 Å². The van der Waals surface area contributed by atoms with Gasteiger partial charge < -0.3 is 25.5 Å². The van der Waals surface area contributed by atoms with Gasteiger partial charge in [-0.05, 0) is 53.3 Å². The Bertz CT molecular complexity index is 2450. The SMILES string of the molecule is CCSC(=S)c1c(O)[nH]c2cc([N+](=O)[O-])ccc12.O=C1Cc2cc(Br)ccc2N1.O=[N+]([O-])c1ccc2c(C3=Nc4ccccc4CS3)c(O)[nH]c2c1. The number of halogens is 1. The fourth-order valence-corrected chi connectivity index (χ4v) is 8.18. The van der Waals surface area contributed by atoms with Crippen molar-refractivity contribution < 1.29 is 24.9 Å². The van der Waals surface area contributed by atoms with Crippen molar-refractivity contribution in [2.45, 2.75) is 19.1 Å². The van der Waals surface area contributed by atoms with Gasteiger partial charge >= 0.3 is 0 Å². The predicted octanol–water partition coefficient (Wildman–Crippen LogP) is 9.26. The van der Waals surface area contributed by atoms with E-state index in [2.05, 4.69) is 36.2 Å². The number of thiocarbonyl (C=S) groups is 1. The molecule has 2 aliphatic rings. The van der Waals surface area contributed by atoms with Crippen molar-refractivity contribution in [3.8, 4) is 11.8 Å². The average molecular weight is 820 g/mol. The van der Waals surface area contributed by atoms with Crippen LogP contribution in [0.1, 0.15) is 29.2 Å². The number of amides is 1. The molecule has 13 nitrogen and oxygen atoms in total. The number of aromatic hydroxyl groups is 2. The monoisotopic (exact) mass is 818 g/mol. The molecule has 6 aromatic rings. The van der Waals surface area contributed by atoms with Crippen LogP contribution in [0.2, 0.25) is 0 Å². The molecule has 1 amide bonds. The molecule has 0 radical (unpaired) electrons. The van der Waals surface area contributed by atoms with Crippen LogP contribution in [0.5, 0.6) is 11.8 Å². The number of aromatic nitrogens is 2. The molecule has 8 rings (SSSR count). The molecule has 0 aliphatic carbocycles. The summed E-state index contributed by atoms with van der Waals surface area (Å²) in [6.45, 7) is 1.97. The Hall–Kier alpha value is -5.23. The number of para-hydroxylation sites is 1. The molecule has 17 heteroatoms. The van der Waals surface area contributed by atoms with Crippen molar-refractivity contribution in [1.29, 1.82) is 0 Å². The van der Waals surface area contributed by atoms with E-state index in [0.29, 0.717) is 43.2 Å². The van der Waals surface area contributed by atoms with Crippen molar-refractivity contribution in [1.82, 2.24) is 9.97 Å². The first-order chi connectivity index (χ1) is 24.9. The zero-order chi connectivity index (χ0) is 37.1. The number of nitro groups is 2. The van der Waals surface area contributed by atoms with E-state index < -0.39 is 9.85 Å². The number of carbonyl (C=O) groups is 1. The number of carbonyl (C=O) groups excluding carboxylic acids is 1. The van der Waals surface area contributed by atoms with E-state index in [1.54, 1.807) is 12.1 Å². The Morgan fingerprint density at radius 3 is 2.27 bits per heavy atom. The van der Waals surface area contributed by atoms with Gasteiger partial charge in [-0.1, -0.05) is 53.3 Å². The summed E-state index contributed by atoms with van der Waals surface area (Å²) in [6.07, 6.45) is 0.509. The molecule has 0 saturated carbocycles. The largest absolute Gasteiger partial charge is 0.494 e. The number of non-ortho nitro benzene ring substituents is 2. The lowest BCUT2D eigenvalue weighted by Crippen LogP contribution is -2.03. The highest BCUT2D eigenvalue weighted by Gasteiger charge is 2.23. The fourth-order valence-electron chi connectivity index (χ4n) is 5.55. The smallest absolute Gasteiger partial charge is 0.271 e. The maximum atomic E-state index is 10.9. The van der Waals surface area contributed by atoms with Gasteiger partial charge in [0.2, 0.25) is 5.91 Å².